The summed E-state index contributed by atoms with van der Waals surface area (Å²) in [6.07, 6.45) is -0.0156. The lowest BCUT2D eigenvalue weighted by Crippen LogP contribution is -2.58. The van der Waals surface area contributed by atoms with E-state index in [1.165, 1.54) is 57.2 Å². The number of ether oxygens (including phenoxy) is 5. The van der Waals surface area contributed by atoms with Crippen LogP contribution in [0.2, 0.25) is 0 Å². The molecule has 0 spiro atoms. The third-order valence-corrected chi connectivity index (χ3v) is 9.20. The van der Waals surface area contributed by atoms with E-state index in [4.69, 9.17) is 23.7 Å². The van der Waals surface area contributed by atoms with Crippen molar-refractivity contribution < 1.29 is 38.4 Å². The Bertz CT molecular complexity index is 1440. The summed E-state index contributed by atoms with van der Waals surface area (Å²) in [4.78, 5) is 32.9. The minimum absolute atomic E-state index is 0.0624. The molecule has 3 aromatic rings. The van der Waals surface area contributed by atoms with Crippen LogP contribution in [0, 0.1) is 17.8 Å². The molecule has 2 N–H and O–H groups in total. The van der Waals surface area contributed by atoms with Gasteiger partial charge in [0.15, 0.2) is 11.5 Å². The second kappa shape index (κ2) is 10.9. The third kappa shape index (κ3) is 4.59. The highest BCUT2D eigenvalue weighted by atomic mass is 16.6. The molecule has 2 aliphatic heterocycles. The van der Waals surface area contributed by atoms with Gasteiger partial charge in [-0.05, 0) is 54.9 Å². The van der Waals surface area contributed by atoms with E-state index in [0.29, 0.717) is 30.1 Å². The van der Waals surface area contributed by atoms with Crippen molar-refractivity contribution >= 4 is 22.8 Å². The summed E-state index contributed by atoms with van der Waals surface area (Å²) in [5, 5.41) is 12.5. The van der Waals surface area contributed by atoms with Crippen LogP contribution in [0.1, 0.15) is 40.5 Å². The normalized spacial score (nSPS) is 27.2. The van der Waals surface area contributed by atoms with Gasteiger partial charge in [0, 0.05) is 29.7 Å². The predicted octanol–water partition coefficient (Wildman–Crippen LogP) is 3.51. The van der Waals surface area contributed by atoms with Crippen molar-refractivity contribution in [2.24, 2.45) is 17.8 Å². The Hall–Kier alpha value is -3.76. The summed E-state index contributed by atoms with van der Waals surface area (Å²) in [6, 6.07) is 11.4. The van der Waals surface area contributed by atoms with E-state index in [2.05, 4.69) is 28.1 Å². The lowest BCUT2D eigenvalue weighted by atomic mass is 9.64. The zero-order chi connectivity index (χ0) is 28.8. The average molecular weight is 565 g/mol. The fraction of sp³-hybridized carbons (Fsp3) is 0.484. The first kappa shape index (κ1) is 27.4. The Morgan fingerprint density at radius 1 is 1.00 bits per heavy atom. The number of aliphatic hydroxyl groups is 1. The molecule has 1 aliphatic carbocycles. The van der Waals surface area contributed by atoms with E-state index >= 15 is 0 Å². The standard InChI is InChI=1S/C31H36N2O8/c1-37-24-12-16(13-25(38-2)29(24)39-3)30(35)41-28-23(34)11-17-15-33-10-9-19-18-7-5-6-8-21(18)32-27(19)22(33)14-20(17)26(28)31(36)40-4/h5-8,12-13,17,20,22-23,26,28,32,34H,9-11,14-15H2,1-4H3/t17-,20+,22+,23-,26+,28-/m1/s1. The van der Waals surface area contributed by atoms with E-state index in [0.717, 1.165) is 25.0 Å². The van der Waals surface area contributed by atoms with Crippen LogP contribution in [0.4, 0.5) is 0 Å². The summed E-state index contributed by atoms with van der Waals surface area (Å²) in [6.45, 7) is 1.67. The Labute approximate surface area is 238 Å². The van der Waals surface area contributed by atoms with Crippen molar-refractivity contribution in [2.75, 3.05) is 41.5 Å². The first-order valence-corrected chi connectivity index (χ1v) is 14.0. The predicted molar refractivity (Wildman–Crippen MR) is 149 cm³/mol. The molecule has 1 saturated heterocycles. The number of piperidine rings is 1. The minimum Gasteiger partial charge on any atom is -0.493 e. The van der Waals surface area contributed by atoms with Crippen molar-refractivity contribution in [2.45, 2.75) is 37.5 Å². The summed E-state index contributed by atoms with van der Waals surface area (Å²) in [7, 11) is 5.73. The van der Waals surface area contributed by atoms with Gasteiger partial charge in [-0.25, -0.2) is 4.79 Å². The molecular formula is C31H36N2O8. The second-order valence-corrected chi connectivity index (χ2v) is 11.1. The maximum atomic E-state index is 13.5. The number of hydrogen-bond donors (Lipinski definition) is 2. The second-order valence-electron chi connectivity index (χ2n) is 11.1. The zero-order valence-corrected chi connectivity index (χ0v) is 23.7. The molecule has 3 aliphatic rings. The van der Waals surface area contributed by atoms with Gasteiger partial charge in [-0.1, -0.05) is 18.2 Å². The maximum absolute atomic E-state index is 13.5. The fourth-order valence-electron chi connectivity index (χ4n) is 7.34. The molecule has 2 fully saturated rings. The number of nitrogens with one attached hydrogen (secondary N) is 1. The van der Waals surface area contributed by atoms with Gasteiger partial charge in [-0.3, -0.25) is 9.69 Å². The Morgan fingerprint density at radius 3 is 2.41 bits per heavy atom. The first-order valence-electron chi connectivity index (χ1n) is 14.0. The molecular weight excluding hydrogens is 528 g/mol. The van der Waals surface area contributed by atoms with Crippen LogP contribution in [0.15, 0.2) is 36.4 Å². The number of carbonyl (C=O) groups is 2. The summed E-state index contributed by atoms with van der Waals surface area (Å²) >= 11 is 0. The van der Waals surface area contributed by atoms with Crippen LogP contribution in [-0.2, 0) is 20.7 Å². The van der Waals surface area contributed by atoms with Crippen LogP contribution in [0.3, 0.4) is 0 Å². The molecule has 0 unspecified atom stereocenters. The number of aromatic nitrogens is 1. The third-order valence-electron chi connectivity index (χ3n) is 9.20. The number of carbonyl (C=O) groups excluding carboxylic acids is 2. The van der Waals surface area contributed by atoms with E-state index in [-0.39, 0.29) is 23.4 Å². The summed E-state index contributed by atoms with van der Waals surface area (Å²) < 4.78 is 27.3. The number of fused-ring (bicyclic) bond motifs is 6. The highest BCUT2D eigenvalue weighted by Crippen LogP contribution is 2.50. The number of para-hydroxylation sites is 1. The molecule has 10 nitrogen and oxygen atoms in total. The number of methoxy groups -OCH3 is 4. The van der Waals surface area contributed by atoms with Crippen LogP contribution in [0.5, 0.6) is 17.2 Å². The molecule has 41 heavy (non-hydrogen) atoms. The van der Waals surface area contributed by atoms with Crippen molar-refractivity contribution in [1.82, 2.24) is 9.88 Å². The Morgan fingerprint density at radius 2 is 1.73 bits per heavy atom. The van der Waals surface area contributed by atoms with E-state index in [1.54, 1.807) is 0 Å². The average Bonchev–Trinajstić information content (AvgIpc) is 3.38. The quantitative estimate of drug-likeness (QED) is 0.434. The lowest BCUT2D eigenvalue weighted by Gasteiger charge is -2.52. The fourth-order valence-corrected chi connectivity index (χ4v) is 7.34. The molecule has 0 radical (unpaired) electrons. The molecule has 0 bridgehead atoms. The molecule has 1 aromatic heterocycles. The van der Waals surface area contributed by atoms with Crippen LogP contribution < -0.4 is 14.2 Å². The molecule has 6 rings (SSSR count). The van der Waals surface area contributed by atoms with Gasteiger partial charge in [0.05, 0.1) is 52.1 Å². The lowest BCUT2D eigenvalue weighted by molar-refractivity contribution is -0.172. The highest BCUT2D eigenvalue weighted by molar-refractivity contribution is 5.91. The van der Waals surface area contributed by atoms with Gasteiger partial charge in [-0.2, -0.15) is 0 Å². The topological polar surface area (TPSA) is 120 Å². The van der Waals surface area contributed by atoms with E-state index in [1.807, 2.05) is 6.07 Å². The summed E-state index contributed by atoms with van der Waals surface area (Å²) in [5.41, 5.74) is 3.79. The van der Waals surface area contributed by atoms with Gasteiger partial charge in [-0.15, -0.1) is 0 Å². The largest absolute Gasteiger partial charge is 0.493 e. The van der Waals surface area contributed by atoms with Gasteiger partial charge in [0.25, 0.3) is 0 Å². The minimum atomic E-state index is -1.06. The van der Waals surface area contributed by atoms with Crippen LogP contribution in [0.25, 0.3) is 10.9 Å². The van der Waals surface area contributed by atoms with Crippen molar-refractivity contribution in [3.05, 3.63) is 53.2 Å². The van der Waals surface area contributed by atoms with Crippen LogP contribution >= 0.6 is 0 Å². The number of H-pyrrole nitrogens is 1. The van der Waals surface area contributed by atoms with Crippen molar-refractivity contribution in [3.63, 3.8) is 0 Å². The molecule has 2 aromatic carbocycles. The Kier molecular flexibility index (Phi) is 7.29. The first-order chi connectivity index (χ1) is 19.9. The van der Waals surface area contributed by atoms with Crippen LogP contribution in [-0.4, -0.2) is 80.7 Å². The maximum Gasteiger partial charge on any atom is 0.338 e. The number of aliphatic hydroxyl groups excluding tert-OH is 1. The van der Waals surface area contributed by atoms with E-state index < -0.39 is 30.1 Å². The number of hydrogen-bond acceptors (Lipinski definition) is 9. The molecule has 10 heteroatoms. The zero-order valence-electron chi connectivity index (χ0n) is 23.7. The Balaban J connectivity index is 1.31. The molecule has 0 amide bonds. The number of rotatable bonds is 6. The van der Waals surface area contributed by atoms with Gasteiger partial charge in [0.1, 0.15) is 6.10 Å². The number of benzene rings is 2. The number of aromatic amines is 1. The monoisotopic (exact) mass is 564 g/mol. The van der Waals surface area contributed by atoms with Crippen molar-refractivity contribution in [3.8, 4) is 17.2 Å². The van der Waals surface area contributed by atoms with Crippen molar-refractivity contribution in [1.29, 1.82) is 0 Å². The molecule has 6 atom stereocenters. The SMILES string of the molecule is COC(=O)[C@H]1[C@H]2C[C@H]3c4[nH]c5ccccc5c4CCN3C[C@H]2C[C@@H](O)[C@H]1OC(=O)c1cc(OC)c(OC)c(OC)c1. The number of esters is 2. The smallest absolute Gasteiger partial charge is 0.338 e. The highest BCUT2D eigenvalue weighted by Gasteiger charge is 2.54. The van der Waals surface area contributed by atoms with Gasteiger partial charge < -0.3 is 33.8 Å². The van der Waals surface area contributed by atoms with Gasteiger partial charge in [0.2, 0.25) is 5.75 Å². The molecule has 1 saturated carbocycles. The molecule has 218 valence electrons. The molecule has 3 heterocycles. The van der Waals surface area contributed by atoms with Gasteiger partial charge >= 0.3 is 11.9 Å². The number of nitrogens with zero attached hydrogens (tertiary/aromatic N) is 1. The summed E-state index contributed by atoms with van der Waals surface area (Å²) in [5.74, 6) is -1.13. The van der Waals surface area contributed by atoms with E-state index in [9.17, 15) is 14.7 Å².